The van der Waals surface area contributed by atoms with Crippen LogP contribution in [0.15, 0.2) is 24.3 Å². The van der Waals surface area contributed by atoms with Crippen molar-refractivity contribution in [1.29, 1.82) is 0 Å². The number of nitrogens with two attached hydrogens (primary N) is 1. The van der Waals surface area contributed by atoms with E-state index in [1.165, 1.54) is 11.1 Å². The highest BCUT2D eigenvalue weighted by molar-refractivity contribution is 5.79. The molecule has 2 aliphatic carbocycles. The van der Waals surface area contributed by atoms with Gasteiger partial charge in [-0.05, 0) is 56.1 Å². The number of fused-ring (bicyclic) bond motifs is 1. The van der Waals surface area contributed by atoms with Gasteiger partial charge in [0.15, 0.2) is 0 Å². The van der Waals surface area contributed by atoms with Crippen molar-refractivity contribution in [2.24, 2.45) is 11.7 Å². The van der Waals surface area contributed by atoms with Crippen LogP contribution in [0.2, 0.25) is 0 Å². The maximum absolute atomic E-state index is 12.4. The monoisotopic (exact) mass is 272 g/mol. The summed E-state index contributed by atoms with van der Waals surface area (Å²) in [4.78, 5) is 12.4. The molecule has 3 nitrogen and oxygen atoms in total. The zero-order chi connectivity index (χ0) is 13.9. The van der Waals surface area contributed by atoms with Crippen molar-refractivity contribution in [2.75, 3.05) is 0 Å². The first-order valence-electron chi connectivity index (χ1n) is 7.88. The van der Waals surface area contributed by atoms with E-state index in [0.717, 1.165) is 44.9 Å². The number of benzene rings is 1. The summed E-state index contributed by atoms with van der Waals surface area (Å²) in [5.74, 6) is 0.405. The van der Waals surface area contributed by atoms with Gasteiger partial charge in [0.2, 0.25) is 5.91 Å². The number of amides is 1. The van der Waals surface area contributed by atoms with Gasteiger partial charge in [0.05, 0.1) is 6.04 Å². The summed E-state index contributed by atoms with van der Waals surface area (Å²) in [6.45, 7) is 0. The lowest BCUT2D eigenvalue weighted by Crippen LogP contribution is -2.38. The number of carbonyl (C=O) groups is 1. The number of nitrogens with one attached hydrogen (secondary N) is 1. The maximum Gasteiger partial charge on any atom is 0.223 e. The van der Waals surface area contributed by atoms with Gasteiger partial charge in [0.25, 0.3) is 0 Å². The molecule has 20 heavy (non-hydrogen) atoms. The molecular weight excluding hydrogens is 248 g/mol. The first-order chi connectivity index (χ1) is 9.74. The number of hydrogen-bond acceptors (Lipinski definition) is 2. The zero-order valence-corrected chi connectivity index (χ0v) is 12.0. The van der Waals surface area contributed by atoms with E-state index >= 15 is 0 Å². The molecule has 1 atom stereocenters. The third-order valence-electron chi connectivity index (χ3n) is 4.83. The molecule has 0 spiro atoms. The van der Waals surface area contributed by atoms with Gasteiger partial charge in [-0.3, -0.25) is 4.79 Å². The molecule has 108 valence electrons. The van der Waals surface area contributed by atoms with Crippen LogP contribution in [0, 0.1) is 5.92 Å². The molecule has 1 unspecified atom stereocenters. The number of rotatable bonds is 2. The summed E-state index contributed by atoms with van der Waals surface area (Å²) in [6, 6.07) is 9.02. The normalized spacial score (nSPS) is 29.6. The van der Waals surface area contributed by atoms with Crippen LogP contribution in [0.5, 0.6) is 0 Å². The fourth-order valence-electron chi connectivity index (χ4n) is 3.57. The predicted octanol–water partition coefficient (Wildman–Crippen LogP) is 2.70. The minimum atomic E-state index is 0.170. The minimum Gasteiger partial charge on any atom is -0.349 e. The van der Waals surface area contributed by atoms with Crippen LogP contribution < -0.4 is 11.1 Å². The third kappa shape index (κ3) is 2.88. The van der Waals surface area contributed by atoms with Crippen molar-refractivity contribution in [3.8, 4) is 0 Å². The Bertz CT molecular complexity index is 478. The standard InChI is InChI=1S/C17H24N2O/c18-14-10-8-13(9-11-14)17(20)19-16-7-3-5-12-4-1-2-6-15(12)16/h1-2,4,6,13-14,16H,3,5,7-11,18H2,(H,19,20). The predicted molar refractivity (Wildman–Crippen MR) is 80.2 cm³/mol. The van der Waals surface area contributed by atoms with E-state index in [2.05, 4.69) is 29.6 Å². The van der Waals surface area contributed by atoms with Gasteiger partial charge in [-0.2, -0.15) is 0 Å². The van der Waals surface area contributed by atoms with E-state index in [-0.39, 0.29) is 17.9 Å². The Labute approximate surface area is 120 Å². The molecular formula is C17H24N2O. The largest absolute Gasteiger partial charge is 0.349 e. The summed E-state index contributed by atoms with van der Waals surface area (Å²) >= 11 is 0. The second-order valence-corrected chi connectivity index (χ2v) is 6.26. The fourth-order valence-corrected chi connectivity index (χ4v) is 3.57. The van der Waals surface area contributed by atoms with Crippen LogP contribution in [0.3, 0.4) is 0 Å². The summed E-state index contributed by atoms with van der Waals surface area (Å²) in [7, 11) is 0. The minimum absolute atomic E-state index is 0.170. The van der Waals surface area contributed by atoms with E-state index in [9.17, 15) is 4.79 Å². The van der Waals surface area contributed by atoms with Crippen molar-refractivity contribution >= 4 is 5.91 Å². The van der Waals surface area contributed by atoms with Crippen LogP contribution in [0.4, 0.5) is 0 Å². The smallest absolute Gasteiger partial charge is 0.223 e. The summed E-state index contributed by atoms with van der Waals surface area (Å²) in [5, 5.41) is 3.28. The summed E-state index contributed by atoms with van der Waals surface area (Å²) in [5.41, 5.74) is 8.63. The highest BCUT2D eigenvalue weighted by atomic mass is 16.1. The maximum atomic E-state index is 12.4. The quantitative estimate of drug-likeness (QED) is 0.869. The van der Waals surface area contributed by atoms with Gasteiger partial charge in [-0.15, -0.1) is 0 Å². The molecule has 1 fully saturated rings. The summed E-state index contributed by atoms with van der Waals surface area (Å²) in [6.07, 6.45) is 7.23. The molecule has 1 aromatic carbocycles. The Morgan fingerprint density at radius 3 is 2.65 bits per heavy atom. The second kappa shape index (κ2) is 5.96. The topological polar surface area (TPSA) is 55.1 Å². The molecule has 0 aromatic heterocycles. The Morgan fingerprint density at radius 1 is 1.10 bits per heavy atom. The van der Waals surface area contributed by atoms with Crippen LogP contribution in [-0.4, -0.2) is 11.9 Å². The molecule has 0 saturated heterocycles. The molecule has 1 saturated carbocycles. The molecule has 1 amide bonds. The third-order valence-corrected chi connectivity index (χ3v) is 4.83. The first-order valence-corrected chi connectivity index (χ1v) is 7.88. The van der Waals surface area contributed by atoms with E-state index in [4.69, 9.17) is 5.73 Å². The van der Waals surface area contributed by atoms with Gasteiger partial charge in [0, 0.05) is 12.0 Å². The van der Waals surface area contributed by atoms with E-state index in [1.54, 1.807) is 0 Å². The van der Waals surface area contributed by atoms with Crippen LogP contribution in [-0.2, 0) is 11.2 Å². The molecule has 0 aliphatic heterocycles. The van der Waals surface area contributed by atoms with Crippen molar-refractivity contribution in [1.82, 2.24) is 5.32 Å². The van der Waals surface area contributed by atoms with Crippen molar-refractivity contribution in [2.45, 2.75) is 57.0 Å². The highest BCUT2D eigenvalue weighted by Crippen LogP contribution is 2.31. The van der Waals surface area contributed by atoms with Crippen molar-refractivity contribution < 1.29 is 4.79 Å². The van der Waals surface area contributed by atoms with Gasteiger partial charge < -0.3 is 11.1 Å². The Kier molecular flexibility index (Phi) is 4.06. The lowest BCUT2D eigenvalue weighted by Gasteiger charge is -2.30. The Hall–Kier alpha value is -1.35. The van der Waals surface area contributed by atoms with Gasteiger partial charge >= 0.3 is 0 Å². The number of hydrogen-bond donors (Lipinski definition) is 2. The Morgan fingerprint density at radius 2 is 1.85 bits per heavy atom. The molecule has 3 heteroatoms. The number of carbonyl (C=O) groups excluding carboxylic acids is 1. The Balaban J connectivity index is 1.65. The van der Waals surface area contributed by atoms with Crippen LogP contribution in [0.1, 0.15) is 55.7 Å². The van der Waals surface area contributed by atoms with E-state index in [0.29, 0.717) is 6.04 Å². The summed E-state index contributed by atoms with van der Waals surface area (Å²) < 4.78 is 0. The average molecular weight is 272 g/mol. The van der Waals surface area contributed by atoms with Crippen LogP contribution in [0.25, 0.3) is 0 Å². The first kappa shape index (κ1) is 13.6. The zero-order valence-electron chi connectivity index (χ0n) is 12.0. The highest BCUT2D eigenvalue weighted by Gasteiger charge is 2.28. The molecule has 0 bridgehead atoms. The van der Waals surface area contributed by atoms with Crippen molar-refractivity contribution in [3.63, 3.8) is 0 Å². The van der Waals surface area contributed by atoms with E-state index in [1.807, 2.05) is 0 Å². The van der Waals surface area contributed by atoms with Crippen LogP contribution >= 0.6 is 0 Å². The lowest BCUT2D eigenvalue weighted by atomic mass is 9.84. The fraction of sp³-hybridized carbons (Fsp3) is 0.588. The van der Waals surface area contributed by atoms with E-state index < -0.39 is 0 Å². The molecule has 1 aromatic rings. The average Bonchev–Trinajstić information content (AvgIpc) is 2.48. The molecule has 0 radical (unpaired) electrons. The molecule has 3 N–H and O–H groups in total. The molecule has 3 rings (SSSR count). The molecule has 2 aliphatic rings. The van der Waals surface area contributed by atoms with Gasteiger partial charge in [0.1, 0.15) is 0 Å². The number of aryl methyl sites for hydroxylation is 1. The SMILES string of the molecule is NC1CCC(C(=O)NC2CCCc3ccccc32)CC1. The molecule has 0 heterocycles. The lowest BCUT2D eigenvalue weighted by molar-refractivity contribution is -0.126. The van der Waals surface area contributed by atoms with Gasteiger partial charge in [-0.25, -0.2) is 0 Å². The van der Waals surface area contributed by atoms with Gasteiger partial charge in [-0.1, -0.05) is 24.3 Å². The second-order valence-electron chi connectivity index (χ2n) is 6.26. The van der Waals surface area contributed by atoms with Crippen molar-refractivity contribution in [3.05, 3.63) is 35.4 Å².